The molecule has 0 amide bonds. The van der Waals surface area contributed by atoms with E-state index >= 15 is 0 Å². The third-order valence-electron chi connectivity index (χ3n) is 4.62. The smallest absolute Gasteiger partial charge is 0.123 e. The zero-order valence-corrected chi connectivity index (χ0v) is 17.4. The molecule has 1 rings (SSSR count). The van der Waals surface area contributed by atoms with Crippen molar-refractivity contribution < 1.29 is 0 Å². The van der Waals surface area contributed by atoms with E-state index in [0.717, 1.165) is 48.5 Å². The zero-order chi connectivity index (χ0) is 19.7. The van der Waals surface area contributed by atoms with Gasteiger partial charge in [-0.15, -0.1) is 0 Å². The molecule has 0 aromatic heterocycles. The van der Waals surface area contributed by atoms with Crippen molar-refractivity contribution in [3.05, 3.63) is 65.7 Å². The van der Waals surface area contributed by atoms with Gasteiger partial charge in [-0.3, -0.25) is 0 Å². The van der Waals surface area contributed by atoms with Gasteiger partial charge in [0.05, 0.1) is 0 Å². The predicted octanol–water partition coefficient (Wildman–Crippen LogP) is 5.96. The van der Waals surface area contributed by atoms with E-state index in [-0.39, 0.29) is 0 Å². The van der Waals surface area contributed by atoms with Gasteiger partial charge in [-0.25, -0.2) is 4.99 Å². The van der Waals surface area contributed by atoms with Gasteiger partial charge in [-0.2, -0.15) is 0 Å². The van der Waals surface area contributed by atoms with Crippen molar-refractivity contribution in [2.45, 2.75) is 53.9 Å². The minimum atomic E-state index is 0.639. The second-order valence-electron chi connectivity index (χ2n) is 6.52. The lowest BCUT2D eigenvalue weighted by atomic mass is 10.0. The van der Waals surface area contributed by atoms with Crippen LogP contribution in [0.25, 0.3) is 0 Å². The molecule has 0 saturated carbocycles. The Bertz CT molecular complexity index is 695. The second kappa shape index (κ2) is 10.6. The molecular formula is C23H35N3. The first-order valence-electron chi connectivity index (χ1n) is 9.57. The van der Waals surface area contributed by atoms with Crippen LogP contribution in [0.4, 0.5) is 5.69 Å². The molecule has 0 bridgehead atoms. The van der Waals surface area contributed by atoms with Crippen LogP contribution in [-0.2, 0) is 12.8 Å². The van der Waals surface area contributed by atoms with E-state index in [9.17, 15) is 0 Å². The van der Waals surface area contributed by atoms with Gasteiger partial charge in [-0.05, 0) is 56.9 Å². The van der Waals surface area contributed by atoms with Crippen molar-refractivity contribution in [1.82, 2.24) is 4.90 Å². The standard InChI is InChI=1S/C23H35N3/c1-9-13-21-16-22(15-14-20(21)10-2)25-19(7)24-17(5)23(11-3)18(6)26(8)12-4/h11,14-16,25H,6-7,9-10,12-13H2,1-5,8H3/b23-11+,24-17-. The summed E-state index contributed by atoms with van der Waals surface area (Å²) in [5.74, 6) is 0.639. The number of aliphatic imine (C=N–C) groups is 1. The van der Waals surface area contributed by atoms with E-state index in [1.165, 1.54) is 11.1 Å². The number of likely N-dealkylation sites (N-methyl/N-ethyl adjacent to an activating group) is 1. The molecule has 0 unspecified atom stereocenters. The molecule has 0 aliphatic carbocycles. The Morgan fingerprint density at radius 1 is 1.19 bits per heavy atom. The Kier molecular flexibility index (Phi) is 8.91. The van der Waals surface area contributed by atoms with Crippen LogP contribution < -0.4 is 5.32 Å². The first-order chi connectivity index (χ1) is 12.4. The fourth-order valence-corrected chi connectivity index (χ4v) is 2.99. The van der Waals surface area contributed by atoms with E-state index in [1.54, 1.807) is 0 Å². The van der Waals surface area contributed by atoms with E-state index < -0.39 is 0 Å². The maximum absolute atomic E-state index is 4.65. The fourth-order valence-electron chi connectivity index (χ4n) is 2.99. The predicted molar refractivity (Wildman–Crippen MR) is 117 cm³/mol. The van der Waals surface area contributed by atoms with Gasteiger partial charge in [0.25, 0.3) is 0 Å². The fraction of sp³-hybridized carbons (Fsp3) is 0.435. The summed E-state index contributed by atoms with van der Waals surface area (Å²) in [4.78, 5) is 6.77. The van der Waals surface area contributed by atoms with Crippen LogP contribution in [0.1, 0.15) is 52.2 Å². The highest BCUT2D eigenvalue weighted by Crippen LogP contribution is 2.20. The Morgan fingerprint density at radius 2 is 1.88 bits per heavy atom. The summed E-state index contributed by atoms with van der Waals surface area (Å²) in [6, 6.07) is 6.53. The summed E-state index contributed by atoms with van der Waals surface area (Å²) in [5, 5.41) is 3.33. The third kappa shape index (κ3) is 5.91. The normalized spacial score (nSPS) is 12.1. The second-order valence-corrected chi connectivity index (χ2v) is 6.52. The summed E-state index contributed by atoms with van der Waals surface area (Å²) in [6.45, 7) is 19.7. The van der Waals surface area contributed by atoms with E-state index in [1.807, 2.05) is 20.9 Å². The topological polar surface area (TPSA) is 27.6 Å². The van der Waals surface area contributed by atoms with Crippen LogP contribution in [0.3, 0.4) is 0 Å². The minimum absolute atomic E-state index is 0.639. The number of aryl methyl sites for hydroxylation is 2. The van der Waals surface area contributed by atoms with Gasteiger partial charge in [0.1, 0.15) is 5.82 Å². The van der Waals surface area contributed by atoms with E-state index in [4.69, 9.17) is 0 Å². The molecule has 0 saturated heterocycles. The number of nitrogens with zero attached hydrogens (tertiary/aromatic N) is 2. The number of hydrogen-bond donors (Lipinski definition) is 1. The Morgan fingerprint density at radius 3 is 2.42 bits per heavy atom. The molecule has 1 N–H and O–H groups in total. The number of anilines is 1. The van der Waals surface area contributed by atoms with Gasteiger partial charge >= 0.3 is 0 Å². The highest BCUT2D eigenvalue weighted by Gasteiger charge is 2.10. The molecule has 3 heteroatoms. The number of hydrogen-bond acceptors (Lipinski definition) is 3. The molecule has 0 atom stereocenters. The number of rotatable bonds is 10. The molecule has 1 aromatic rings. The Labute approximate surface area is 160 Å². The number of allylic oxidation sites excluding steroid dienone is 2. The molecule has 0 heterocycles. The maximum atomic E-state index is 4.65. The van der Waals surface area contributed by atoms with E-state index in [2.05, 4.69) is 73.4 Å². The van der Waals surface area contributed by atoms with Gasteiger partial charge < -0.3 is 10.2 Å². The summed E-state index contributed by atoms with van der Waals surface area (Å²) in [7, 11) is 2.04. The van der Waals surface area contributed by atoms with Crippen LogP contribution in [0.15, 0.2) is 59.5 Å². The first kappa shape index (κ1) is 21.8. The lowest BCUT2D eigenvalue weighted by Crippen LogP contribution is -2.20. The van der Waals surface area contributed by atoms with Crippen molar-refractivity contribution in [3.8, 4) is 0 Å². The number of benzene rings is 1. The molecule has 142 valence electrons. The quantitative estimate of drug-likeness (QED) is 0.415. The Hall–Kier alpha value is -2.29. The van der Waals surface area contributed by atoms with Gasteiger partial charge in [0, 0.05) is 36.3 Å². The van der Waals surface area contributed by atoms with Crippen LogP contribution in [-0.4, -0.2) is 24.2 Å². The molecular weight excluding hydrogens is 318 g/mol. The monoisotopic (exact) mass is 353 g/mol. The van der Waals surface area contributed by atoms with Crippen molar-refractivity contribution in [1.29, 1.82) is 0 Å². The summed E-state index contributed by atoms with van der Waals surface area (Å²) in [5.41, 5.74) is 6.79. The van der Waals surface area contributed by atoms with Crippen LogP contribution in [0, 0.1) is 0 Å². The largest absolute Gasteiger partial charge is 0.375 e. The van der Waals surface area contributed by atoms with Crippen LogP contribution in [0.2, 0.25) is 0 Å². The molecule has 0 fully saturated rings. The first-order valence-corrected chi connectivity index (χ1v) is 9.57. The summed E-state index contributed by atoms with van der Waals surface area (Å²) >= 11 is 0. The SMILES string of the molecule is C=C(/N=C(C)\C(=C/C)C(=C)N(C)CC)Nc1ccc(CC)c(CCC)c1. The molecule has 0 aliphatic rings. The lowest BCUT2D eigenvalue weighted by molar-refractivity contribution is 0.455. The molecule has 0 aliphatic heterocycles. The average molecular weight is 354 g/mol. The van der Waals surface area contributed by atoms with Crippen LogP contribution >= 0.6 is 0 Å². The van der Waals surface area contributed by atoms with Gasteiger partial charge in [0.15, 0.2) is 0 Å². The van der Waals surface area contributed by atoms with E-state index in [0.29, 0.717) is 5.82 Å². The molecule has 0 radical (unpaired) electrons. The Balaban J connectivity index is 2.95. The lowest BCUT2D eigenvalue weighted by Gasteiger charge is -2.22. The van der Waals surface area contributed by atoms with Crippen molar-refractivity contribution in [3.63, 3.8) is 0 Å². The van der Waals surface area contributed by atoms with Crippen molar-refractivity contribution >= 4 is 11.4 Å². The molecule has 1 aromatic carbocycles. The zero-order valence-electron chi connectivity index (χ0n) is 17.4. The third-order valence-corrected chi connectivity index (χ3v) is 4.62. The molecule has 3 nitrogen and oxygen atoms in total. The summed E-state index contributed by atoms with van der Waals surface area (Å²) in [6.07, 6.45) is 5.35. The van der Waals surface area contributed by atoms with Gasteiger partial charge in [0.2, 0.25) is 0 Å². The van der Waals surface area contributed by atoms with Crippen LogP contribution in [0.5, 0.6) is 0 Å². The van der Waals surface area contributed by atoms with Crippen molar-refractivity contribution in [2.75, 3.05) is 18.9 Å². The average Bonchev–Trinajstić information content (AvgIpc) is 2.61. The maximum Gasteiger partial charge on any atom is 0.123 e. The minimum Gasteiger partial charge on any atom is -0.375 e. The molecule has 0 spiro atoms. The highest BCUT2D eigenvalue weighted by atomic mass is 15.1. The van der Waals surface area contributed by atoms with Crippen molar-refractivity contribution in [2.24, 2.45) is 4.99 Å². The van der Waals surface area contributed by atoms with Gasteiger partial charge in [-0.1, -0.05) is 45.6 Å². The molecule has 26 heavy (non-hydrogen) atoms. The highest BCUT2D eigenvalue weighted by molar-refractivity contribution is 6.02. The number of nitrogens with one attached hydrogen (secondary N) is 1. The summed E-state index contributed by atoms with van der Waals surface area (Å²) < 4.78 is 0.